The van der Waals surface area contributed by atoms with E-state index in [9.17, 15) is 4.79 Å². The van der Waals surface area contributed by atoms with Gasteiger partial charge in [-0.05, 0) is 42.8 Å². The van der Waals surface area contributed by atoms with Crippen molar-refractivity contribution in [1.29, 1.82) is 0 Å². The predicted molar refractivity (Wildman–Crippen MR) is 118 cm³/mol. The molecule has 1 heterocycles. The zero-order valence-electron chi connectivity index (χ0n) is 16.8. The van der Waals surface area contributed by atoms with Crippen LogP contribution >= 0.6 is 11.8 Å². The molecule has 29 heavy (non-hydrogen) atoms. The van der Waals surface area contributed by atoms with E-state index in [1.165, 1.54) is 11.8 Å². The van der Waals surface area contributed by atoms with Crippen LogP contribution in [0.15, 0.2) is 59.2 Å². The van der Waals surface area contributed by atoms with Gasteiger partial charge in [0.15, 0.2) is 5.17 Å². The first-order valence-corrected chi connectivity index (χ1v) is 10.3. The van der Waals surface area contributed by atoms with E-state index in [0.29, 0.717) is 35.6 Å². The molecule has 1 aliphatic heterocycles. The molecule has 152 valence electrons. The van der Waals surface area contributed by atoms with E-state index in [1.54, 1.807) is 25.2 Å². The van der Waals surface area contributed by atoms with Crippen molar-refractivity contribution in [3.05, 3.63) is 59.8 Å². The van der Waals surface area contributed by atoms with Gasteiger partial charge in [-0.15, -0.1) is 0 Å². The highest BCUT2D eigenvalue weighted by atomic mass is 32.2. The molecule has 7 heteroatoms. The van der Waals surface area contributed by atoms with Crippen LogP contribution in [0.2, 0.25) is 0 Å². The van der Waals surface area contributed by atoms with Gasteiger partial charge in [-0.25, -0.2) is 4.99 Å². The Balaban J connectivity index is 1.90. The Labute approximate surface area is 175 Å². The van der Waals surface area contributed by atoms with Gasteiger partial charge in [0.1, 0.15) is 17.2 Å². The maximum Gasteiger partial charge on any atom is 0.283 e. The second-order valence-electron chi connectivity index (χ2n) is 6.08. The van der Waals surface area contributed by atoms with Crippen molar-refractivity contribution in [2.75, 3.05) is 38.1 Å². The number of anilines is 1. The van der Waals surface area contributed by atoms with Crippen molar-refractivity contribution >= 4 is 34.6 Å². The largest absolute Gasteiger partial charge is 0.497 e. The molecule has 1 amide bonds. The second-order valence-corrected chi connectivity index (χ2v) is 7.15. The fourth-order valence-corrected chi connectivity index (χ4v) is 3.63. The van der Waals surface area contributed by atoms with E-state index >= 15 is 0 Å². The molecule has 3 rings (SSSR count). The van der Waals surface area contributed by atoms with Crippen LogP contribution in [0.25, 0.3) is 6.08 Å². The lowest BCUT2D eigenvalue weighted by molar-refractivity contribution is -0.113. The number of benzene rings is 2. The third kappa shape index (κ3) is 5.19. The number of ether oxygens (including phenoxy) is 3. The van der Waals surface area contributed by atoms with Gasteiger partial charge >= 0.3 is 0 Å². The fraction of sp³-hybridized carbons (Fsp3) is 0.273. The summed E-state index contributed by atoms with van der Waals surface area (Å²) in [7, 11) is 3.22. The molecule has 2 aromatic carbocycles. The first kappa shape index (κ1) is 21.0. The smallest absolute Gasteiger partial charge is 0.283 e. The predicted octanol–water partition coefficient (Wildman–Crippen LogP) is 4.22. The topological polar surface area (TPSA) is 60.4 Å². The van der Waals surface area contributed by atoms with Crippen molar-refractivity contribution in [3.8, 4) is 11.5 Å². The van der Waals surface area contributed by atoms with Gasteiger partial charge in [-0.3, -0.25) is 9.69 Å². The number of nitrogens with zero attached hydrogens (tertiary/aromatic N) is 2. The zero-order valence-corrected chi connectivity index (χ0v) is 17.6. The van der Waals surface area contributed by atoms with Crippen LogP contribution in [0.3, 0.4) is 0 Å². The number of hydrogen-bond acceptors (Lipinski definition) is 6. The van der Waals surface area contributed by atoms with Crippen molar-refractivity contribution in [1.82, 2.24) is 0 Å². The SMILES string of the molecule is CCOCCSC1=N/C(=C/c2ccc(OC)cc2)C(=O)N1c1cccc(OC)c1. The summed E-state index contributed by atoms with van der Waals surface area (Å²) in [6.07, 6.45) is 1.78. The van der Waals surface area contributed by atoms with E-state index in [0.717, 1.165) is 17.0 Å². The van der Waals surface area contributed by atoms with Gasteiger partial charge in [-0.2, -0.15) is 0 Å². The lowest BCUT2D eigenvalue weighted by Crippen LogP contribution is -2.30. The van der Waals surface area contributed by atoms with E-state index in [-0.39, 0.29) is 5.91 Å². The number of methoxy groups -OCH3 is 2. The van der Waals surface area contributed by atoms with E-state index in [4.69, 9.17) is 14.2 Å². The summed E-state index contributed by atoms with van der Waals surface area (Å²) in [5.41, 5.74) is 1.98. The van der Waals surface area contributed by atoms with Crippen molar-refractivity contribution in [2.45, 2.75) is 6.92 Å². The summed E-state index contributed by atoms with van der Waals surface area (Å²) in [4.78, 5) is 19.4. The van der Waals surface area contributed by atoms with E-state index < -0.39 is 0 Å². The Hall–Kier alpha value is -2.77. The molecule has 1 aliphatic rings. The molecule has 0 saturated carbocycles. The molecular weight excluding hydrogens is 388 g/mol. The summed E-state index contributed by atoms with van der Waals surface area (Å²) in [5, 5.41) is 0.628. The van der Waals surface area contributed by atoms with Gasteiger partial charge < -0.3 is 14.2 Å². The second kappa shape index (κ2) is 10.1. The van der Waals surface area contributed by atoms with Crippen molar-refractivity contribution in [2.24, 2.45) is 4.99 Å². The Bertz CT molecular complexity index is 909. The summed E-state index contributed by atoms with van der Waals surface area (Å²) < 4.78 is 15.9. The first-order valence-electron chi connectivity index (χ1n) is 9.29. The third-order valence-corrected chi connectivity index (χ3v) is 5.13. The Morgan fingerprint density at radius 2 is 1.83 bits per heavy atom. The number of hydrogen-bond donors (Lipinski definition) is 0. The highest BCUT2D eigenvalue weighted by Crippen LogP contribution is 2.31. The average molecular weight is 413 g/mol. The minimum absolute atomic E-state index is 0.173. The number of amidine groups is 1. The van der Waals surface area contributed by atoms with E-state index in [2.05, 4.69) is 4.99 Å². The molecular formula is C22H24N2O4S. The van der Waals surface area contributed by atoms with Crippen LogP contribution in [-0.4, -0.2) is 44.3 Å². The van der Waals surface area contributed by atoms with Gasteiger partial charge in [-0.1, -0.05) is 30.0 Å². The molecule has 0 unspecified atom stereocenters. The molecule has 0 saturated heterocycles. The molecule has 0 atom stereocenters. The summed E-state index contributed by atoms with van der Waals surface area (Å²) >= 11 is 1.49. The maximum absolute atomic E-state index is 13.2. The zero-order chi connectivity index (χ0) is 20.6. The van der Waals surface area contributed by atoms with Gasteiger partial charge in [0.2, 0.25) is 0 Å². The maximum atomic E-state index is 13.2. The van der Waals surface area contributed by atoms with Gasteiger partial charge in [0, 0.05) is 18.4 Å². The normalized spacial score (nSPS) is 15.0. The minimum atomic E-state index is -0.173. The molecule has 2 aromatic rings. The lowest BCUT2D eigenvalue weighted by Gasteiger charge is -2.18. The summed E-state index contributed by atoms with van der Waals surface area (Å²) in [5.74, 6) is 1.98. The van der Waals surface area contributed by atoms with Crippen LogP contribution in [-0.2, 0) is 9.53 Å². The average Bonchev–Trinajstić information content (AvgIpc) is 3.06. The monoisotopic (exact) mass is 412 g/mol. The lowest BCUT2D eigenvalue weighted by atomic mass is 10.2. The molecule has 0 N–H and O–H groups in total. The molecule has 0 spiro atoms. The molecule has 0 aliphatic carbocycles. The van der Waals surface area contributed by atoms with Crippen LogP contribution in [0, 0.1) is 0 Å². The molecule has 6 nitrogen and oxygen atoms in total. The van der Waals surface area contributed by atoms with E-state index in [1.807, 2.05) is 55.5 Å². The number of thioether (sulfide) groups is 1. The van der Waals surface area contributed by atoms with Crippen molar-refractivity contribution in [3.63, 3.8) is 0 Å². The number of carbonyl (C=O) groups is 1. The van der Waals surface area contributed by atoms with Crippen LogP contribution in [0.1, 0.15) is 12.5 Å². The van der Waals surface area contributed by atoms with Gasteiger partial charge in [0.25, 0.3) is 5.91 Å². The molecule has 0 aromatic heterocycles. The van der Waals surface area contributed by atoms with Crippen molar-refractivity contribution < 1.29 is 19.0 Å². The summed E-state index contributed by atoms with van der Waals surface area (Å²) in [6, 6.07) is 14.9. The highest BCUT2D eigenvalue weighted by Gasteiger charge is 2.32. The Morgan fingerprint density at radius 1 is 1.07 bits per heavy atom. The van der Waals surface area contributed by atoms with Crippen LogP contribution < -0.4 is 14.4 Å². The number of amides is 1. The number of rotatable bonds is 8. The van der Waals surface area contributed by atoms with Crippen LogP contribution in [0.4, 0.5) is 5.69 Å². The quantitative estimate of drug-likeness (QED) is 0.480. The third-order valence-electron chi connectivity index (χ3n) is 4.22. The van der Waals surface area contributed by atoms with Crippen LogP contribution in [0.5, 0.6) is 11.5 Å². The van der Waals surface area contributed by atoms with Gasteiger partial charge in [0.05, 0.1) is 26.5 Å². The standard InChI is InChI=1S/C22H24N2O4S/c1-4-28-12-13-29-22-23-20(14-16-8-10-18(26-2)11-9-16)21(25)24(22)17-6-5-7-19(15-17)27-3/h5-11,14-15H,4,12-13H2,1-3H3/b20-14+. The molecule has 0 radical (unpaired) electrons. The minimum Gasteiger partial charge on any atom is -0.497 e. The highest BCUT2D eigenvalue weighted by molar-refractivity contribution is 8.14. The Kier molecular flexibility index (Phi) is 7.32. The summed E-state index contributed by atoms with van der Waals surface area (Å²) in [6.45, 7) is 3.21. The fourth-order valence-electron chi connectivity index (χ4n) is 2.76. The molecule has 0 fully saturated rings. The first-order chi connectivity index (χ1) is 14.2. The molecule has 0 bridgehead atoms. The number of carbonyl (C=O) groups excluding carboxylic acids is 1. The number of aliphatic imine (C=N–C) groups is 1. The Morgan fingerprint density at radius 3 is 2.52 bits per heavy atom.